The summed E-state index contributed by atoms with van der Waals surface area (Å²) in [5.74, 6) is -0.154. The van der Waals surface area contributed by atoms with Crippen molar-refractivity contribution in [3.63, 3.8) is 0 Å². The summed E-state index contributed by atoms with van der Waals surface area (Å²) in [7, 11) is 0. The van der Waals surface area contributed by atoms with Crippen LogP contribution >= 0.6 is 0 Å². The molecule has 86 valence electrons. The van der Waals surface area contributed by atoms with Crippen LogP contribution in [0.2, 0.25) is 0 Å². The van der Waals surface area contributed by atoms with Gasteiger partial charge in [0.1, 0.15) is 12.8 Å². The number of hydrogen-bond donors (Lipinski definition) is 1. The molecular weight excluding hydrogens is 214 g/mol. The molecule has 0 spiro atoms. The van der Waals surface area contributed by atoms with E-state index in [-0.39, 0.29) is 12.0 Å². The standard InChI is InChI=1S/C14H13NO2/c16-14-13(15-9-17-14)8-10-5-6-11-3-1-2-4-12(11)7-10/h1-7,13,15H,8-9H2/t13-/m0/s1. The van der Waals surface area contributed by atoms with Crippen LogP contribution in [0.3, 0.4) is 0 Å². The summed E-state index contributed by atoms with van der Waals surface area (Å²) in [5, 5.41) is 5.46. The van der Waals surface area contributed by atoms with Crippen molar-refractivity contribution < 1.29 is 9.53 Å². The molecule has 2 aromatic carbocycles. The van der Waals surface area contributed by atoms with E-state index in [2.05, 4.69) is 35.6 Å². The number of nitrogens with one attached hydrogen (secondary N) is 1. The van der Waals surface area contributed by atoms with Gasteiger partial charge in [0.15, 0.2) is 0 Å². The molecule has 1 fully saturated rings. The van der Waals surface area contributed by atoms with Gasteiger partial charge in [-0.05, 0) is 22.8 Å². The topological polar surface area (TPSA) is 38.3 Å². The minimum absolute atomic E-state index is 0.154. The van der Waals surface area contributed by atoms with Crippen molar-refractivity contribution in [1.82, 2.24) is 5.32 Å². The van der Waals surface area contributed by atoms with E-state index in [1.165, 1.54) is 10.8 Å². The molecule has 1 N–H and O–H groups in total. The SMILES string of the molecule is O=C1OCN[C@H]1Cc1ccc2ccccc2c1. The Morgan fingerprint density at radius 2 is 2.00 bits per heavy atom. The van der Waals surface area contributed by atoms with Crippen molar-refractivity contribution in [3.05, 3.63) is 48.0 Å². The Labute approximate surface area is 99.4 Å². The van der Waals surface area contributed by atoms with Crippen LogP contribution in [0.4, 0.5) is 0 Å². The highest BCUT2D eigenvalue weighted by atomic mass is 16.6. The van der Waals surface area contributed by atoms with Crippen molar-refractivity contribution in [2.45, 2.75) is 12.5 Å². The zero-order chi connectivity index (χ0) is 11.7. The van der Waals surface area contributed by atoms with Crippen molar-refractivity contribution in [2.24, 2.45) is 0 Å². The van der Waals surface area contributed by atoms with E-state index in [1.807, 2.05) is 12.1 Å². The quantitative estimate of drug-likeness (QED) is 0.796. The summed E-state index contributed by atoms with van der Waals surface area (Å²) in [6, 6.07) is 14.3. The first-order valence-corrected chi connectivity index (χ1v) is 5.71. The molecule has 1 aliphatic rings. The third-order valence-corrected chi connectivity index (χ3v) is 3.08. The first-order chi connectivity index (χ1) is 8.33. The molecule has 3 nitrogen and oxygen atoms in total. The van der Waals surface area contributed by atoms with Gasteiger partial charge < -0.3 is 4.74 Å². The lowest BCUT2D eigenvalue weighted by molar-refractivity contribution is -0.139. The van der Waals surface area contributed by atoms with Gasteiger partial charge in [0.2, 0.25) is 0 Å². The third-order valence-electron chi connectivity index (χ3n) is 3.08. The minimum atomic E-state index is -0.198. The third kappa shape index (κ3) is 2.01. The smallest absolute Gasteiger partial charge is 0.324 e. The van der Waals surface area contributed by atoms with E-state index in [0.717, 1.165) is 5.56 Å². The maximum atomic E-state index is 11.4. The van der Waals surface area contributed by atoms with Gasteiger partial charge in [0, 0.05) is 0 Å². The first kappa shape index (κ1) is 10.3. The lowest BCUT2D eigenvalue weighted by atomic mass is 10.0. The average molecular weight is 227 g/mol. The maximum Gasteiger partial charge on any atom is 0.324 e. The average Bonchev–Trinajstić information content (AvgIpc) is 2.75. The molecule has 0 radical (unpaired) electrons. The molecule has 0 aliphatic carbocycles. The van der Waals surface area contributed by atoms with Gasteiger partial charge in [-0.2, -0.15) is 0 Å². The fourth-order valence-corrected chi connectivity index (χ4v) is 2.15. The van der Waals surface area contributed by atoms with Crippen molar-refractivity contribution in [2.75, 3.05) is 6.73 Å². The fraction of sp³-hybridized carbons (Fsp3) is 0.214. The highest BCUT2D eigenvalue weighted by Gasteiger charge is 2.25. The molecule has 0 aromatic heterocycles. The molecular formula is C14H13NO2. The highest BCUT2D eigenvalue weighted by Crippen LogP contribution is 2.17. The zero-order valence-electron chi connectivity index (χ0n) is 9.35. The van der Waals surface area contributed by atoms with E-state index in [9.17, 15) is 4.79 Å². The molecule has 0 unspecified atom stereocenters. The summed E-state index contributed by atoms with van der Waals surface area (Å²) in [4.78, 5) is 11.4. The molecule has 1 atom stereocenters. The second-order valence-electron chi connectivity index (χ2n) is 4.25. The lowest BCUT2D eigenvalue weighted by Crippen LogP contribution is -2.29. The number of rotatable bonds is 2. The number of carbonyl (C=O) groups is 1. The number of ether oxygens (including phenoxy) is 1. The van der Waals surface area contributed by atoms with Crippen molar-refractivity contribution in [3.8, 4) is 0 Å². The van der Waals surface area contributed by atoms with Crippen LogP contribution in [0.25, 0.3) is 10.8 Å². The number of fused-ring (bicyclic) bond motifs is 1. The summed E-state index contributed by atoms with van der Waals surface area (Å²) in [6.07, 6.45) is 0.684. The number of cyclic esters (lactones) is 1. The Kier molecular flexibility index (Phi) is 2.53. The van der Waals surface area contributed by atoms with Crippen LogP contribution in [0.15, 0.2) is 42.5 Å². The van der Waals surface area contributed by atoms with E-state index in [4.69, 9.17) is 4.74 Å². The second kappa shape index (κ2) is 4.18. The minimum Gasteiger partial charge on any atom is -0.449 e. The molecule has 0 saturated carbocycles. The van der Waals surface area contributed by atoms with Crippen LogP contribution in [0.1, 0.15) is 5.56 Å². The predicted molar refractivity (Wildman–Crippen MR) is 65.5 cm³/mol. The van der Waals surface area contributed by atoms with E-state index >= 15 is 0 Å². The number of esters is 1. The Bertz CT molecular complexity index is 565. The molecule has 0 bridgehead atoms. The van der Waals surface area contributed by atoms with Gasteiger partial charge in [0.25, 0.3) is 0 Å². The van der Waals surface area contributed by atoms with E-state index in [1.54, 1.807) is 0 Å². The van der Waals surface area contributed by atoms with E-state index in [0.29, 0.717) is 13.2 Å². The van der Waals surface area contributed by atoms with Crippen molar-refractivity contribution >= 4 is 16.7 Å². The van der Waals surface area contributed by atoms with Crippen LogP contribution in [-0.2, 0) is 16.0 Å². The van der Waals surface area contributed by atoms with Gasteiger partial charge in [-0.3, -0.25) is 10.1 Å². The van der Waals surface area contributed by atoms with Gasteiger partial charge in [-0.15, -0.1) is 0 Å². The monoisotopic (exact) mass is 227 g/mol. The summed E-state index contributed by atoms with van der Waals surface area (Å²) < 4.78 is 4.88. The molecule has 17 heavy (non-hydrogen) atoms. The van der Waals surface area contributed by atoms with Gasteiger partial charge >= 0.3 is 5.97 Å². The van der Waals surface area contributed by atoms with Crippen LogP contribution < -0.4 is 5.32 Å². The second-order valence-corrected chi connectivity index (χ2v) is 4.25. The molecule has 1 heterocycles. The molecule has 3 heteroatoms. The van der Waals surface area contributed by atoms with Gasteiger partial charge in [-0.1, -0.05) is 42.5 Å². The normalized spacial score (nSPS) is 19.5. The molecule has 1 aliphatic heterocycles. The molecule has 1 saturated heterocycles. The first-order valence-electron chi connectivity index (χ1n) is 5.71. The van der Waals surface area contributed by atoms with Crippen LogP contribution in [0, 0.1) is 0 Å². The Morgan fingerprint density at radius 1 is 1.18 bits per heavy atom. The summed E-state index contributed by atoms with van der Waals surface area (Å²) in [6.45, 7) is 0.330. The number of benzene rings is 2. The number of carbonyl (C=O) groups excluding carboxylic acids is 1. The summed E-state index contributed by atoms with van der Waals surface area (Å²) >= 11 is 0. The molecule has 2 aromatic rings. The molecule has 3 rings (SSSR count). The van der Waals surface area contributed by atoms with Gasteiger partial charge in [0.05, 0.1) is 0 Å². The van der Waals surface area contributed by atoms with Crippen LogP contribution in [0.5, 0.6) is 0 Å². The Morgan fingerprint density at radius 3 is 2.76 bits per heavy atom. The van der Waals surface area contributed by atoms with Crippen LogP contribution in [-0.4, -0.2) is 18.7 Å². The maximum absolute atomic E-state index is 11.4. The summed E-state index contributed by atoms with van der Waals surface area (Å²) in [5.41, 5.74) is 1.15. The Hall–Kier alpha value is -1.87. The number of hydrogen-bond acceptors (Lipinski definition) is 3. The molecule has 0 amide bonds. The largest absolute Gasteiger partial charge is 0.449 e. The van der Waals surface area contributed by atoms with E-state index < -0.39 is 0 Å². The van der Waals surface area contributed by atoms with Gasteiger partial charge in [-0.25, -0.2) is 0 Å². The zero-order valence-corrected chi connectivity index (χ0v) is 9.35. The highest BCUT2D eigenvalue weighted by molar-refractivity contribution is 5.83. The Balaban J connectivity index is 1.88. The predicted octanol–water partition coefficient (Wildman–Crippen LogP) is 1.85. The lowest BCUT2D eigenvalue weighted by Gasteiger charge is -2.07. The van der Waals surface area contributed by atoms with Crippen molar-refractivity contribution in [1.29, 1.82) is 0 Å². The fourth-order valence-electron chi connectivity index (χ4n) is 2.15.